The number of thiol groups is 1. The van der Waals surface area contributed by atoms with Crippen molar-refractivity contribution in [2.75, 3.05) is 0 Å². The number of aryl methyl sites for hydroxylation is 2. The van der Waals surface area contributed by atoms with Crippen molar-refractivity contribution in [1.82, 2.24) is 9.97 Å². The van der Waals surface area contributed by atoms with E-state index in [0.717, 1.165) is 20.7 Å². The number of rotatable bonds is 0. The number of aromatic nitrogens is 2. The van der Waals surface area contributed by atoms with Crippen LogP contribution in [0.3, 0.4) is 0 Å². The first-order valence-corrected chi connectivity index (χ1v) is 5.01. The van der Waals surface area contributed by atoms with Crippen LogP contribution in [-0.4, -0.2) is 15.1 Å². The molecule has 0 aliphatic rings. The fourth-order valence-electron chi connectivity index (χ4n) is 1.22. The summed E-state index contributed by atoms with van der Waals surface area (Å²) < 4.78 is 0. The van der Waals surface area contributed by atoms with Crippen LogP contribution in [0.15, 0.2) is 5.16 Å². The highest BCUT2D eigenvalue weighted by atomic mass is 32.1. The van der Waals surface area contributed by atoms with Gasteiger partial charge >= 0.3 is 0 Å². The quantitative estimate of drug-likeness (QED) is 0.520. The molecule has 0 unspecified atom stereocenters. The van der Waals surface area contributed by atoms with Gasteiger partial charge in [-0.25, -0.2) is 4.98 Å². The molecule has 0 spiro atoms. The highest BCUT2D eigenvalue weighted by Crippen LogP contribution is 2.33. The van der Waals surface area contributed by atoms with Gasteiger partial charge in [0.2, 0.25) is 5.88 Å². The van der Waals surface area contributed by atoms with Crippen LogP contribution in [0.4, 0.5) is 0 Å². The summed E-state index contributed by atoms with van der Waals surface area (Å²) in [6.07, 6.45) is 0. The van der Waals surface area contributed by atoms with Crippen molar-refractivity contribution in [2.24, 2.45) is 0 Å². The highest BCUT2D eigenvalue weighted by Gasteiger charge is 2.12. The fourth-order valence-corrected chi connectivity index (χ4v) is 2.50. The van der Waals surface area contributed by atoms with E-state index in [4.69, 9.17) is 0 Å². The monoisotopic (exact) mass is 212 g/mol. The average molecular weight is 212 g/mol. The first-order valence-electron chi connectivity index (χ1n) is 3.75. The lowest BCUT2D eigenvalue weighted by atomic mass is 10.2. The molecule has 0 amide bonds. The standard InChI is InChI=1S/C8H8N2OS2/c1-3-4(2)13-7-5(3)6(11)9-8(12)10-7/h1-2H3,(H2,9,10,11,12). The zero-order chi connectivity index (χ0) is 9.59. The van der Waals surface area contributed by atoms with Crippen LogP contribution in [0, 0.1) is 13.8 Å². The van der Waals surface area contributed by atoms with E-state index in [1.165, 1.54) is 0 Å². The van der Waals surface area contributed by atoms with Gasteiger partial charge in [-0.2, -0.15) is 4.98 Å². The van der Waals surface area contributed by atoms with Gasteiger partial charge < -0.3 is 5.11 Å². The second kappa shape index (κ2) is 2.85. The Morgan fingerprint density at radius 2 is 2.00 bits per heavy atom. The lowest BCUT2D eigenvalue weighted by Crippen LogP contribution is -1.83. The van der Waals surface area contributed by atoms with E-state index in [1.54, 1.807) is 11.3 Å². The smallest absolute Gasteiger partial charge is 0.224 e. The number of nitrogens with zero attached hydrogens (tertiary/aromatic N) is 2. The van der Waals surface area contributed by atoms with Crippen LogP contribution in [0.1, 0.15) is 10.4 Å². The van der Waals surface area contributed by atoms with Crippen LogP contribution >= 0.6 is 24.0 Å². The minimum atomic E-state index is 0.0249. The van der Waals surface area contributed by atoms with E-state index < -0.39 is 0 Å². The maximum atomic E-state index is 9.55. The molecule has 5 heteroatoms. The van der Waals surface area contributed by atoms with E-state index in [1.807, 2.05) is 13.8 Å². The summed E-state index contributed by atoms with van der Waals surface area (Å²) in [7, 11) is 0. The van der Waals surface area contributed by atoms with E-state index in [9.17, 15) is 5.11 Å². The van der Waals surface area contributed by atoms with Crippen molar-refractivity contribution in [2.45, 2.75) is 19.0 Å². The van der Waals surface area contributed by atoms with Gasteiger partial charge in [-0.15, -0.1) is 24.0 Å². The molecule has 0 aliphatic heterocycles. The first-order chi connectivity index (χ1) is 6.09. The Morgan fingerprint density at radius 3 is 2.69 bits per heavy atom. The summed E-state index contributed by atoms with van der Waals surface area (Å²) in [4.78, 5) is 9.87. The largest absolute Gasteiger partial charge is 0.493 e. The van der Waals surface area contributed by atoms with Crippen LogP contribution in [0.5, 0.6) is 5.88 Å². The predicted octanol–water partition coefficient (Wildman–Crippen LogP) is 2.30. The Balaban J connectivity index is 2.94. The topological polar surface area (TPSA) is 46.0 Å². The highest BCUT2D eigenvalue weighted by molar-refractivity contribution is 7.80. The molecule has 0 atom stereocenters. The van der Waals surface area contributed by atoms with E-state index in [-0.39, 0.29) is 5.88 Å². The number of thiophene rings is 1. The van der Waals surface area contributed by atoms with Crippen molar-refractivity contribution in [1.29, 1.82) is 0 Å². The number of fused-ring (bicyclic) bond motifs is 1. The Labute approximate surface area is 84.9 Å². The first kappa shape index (κ1) is 8.77. The Bertz CT molecular complexity index is 478. The van der Waals surface area contributed by atoms with Gasteiger partial charge in [0.05, 0.1) is 5.39 Å². The van der Waals surface area contributed by atoms with E-state index in [0.29, 0.717) is 5.16 Å². The van der Waals surface area contributed by atoms with Gasteiger partial charge in [0.1, 0.15) is 4.83 Å². The van der Waals surface area contributed by atoms with Gasteiger partial charge in [-0.1, -0.05) is 0 Å². The van der Waals surface area contributed by atoms with Gasteiger partial charge in [-0.3, -0.25) is 0 Å². The normalized spacial score (nSPS) is 11.0. The molecule has 13 heavy (non-hydrogen) atoms. The molecule has 0 radical (unpaired) electrons. The molecule has 2 rings (SSSR count). The molecule has 0 saturated carbocycles. The zero-order valence-electron chi connectivity index (χ0n) is 7.20. The summed E-state index contributed by atoms with van der Waals surface area (Å²) in [5.74, 6) is 0.0249. The lowest BCUT2D eigenvalue weighted by molar-refractivity contribution is 0.453. The molecular weight excluding hydrogens is 204 g/mol. The molecule has 0 aromatic carbocycles. The number of hydrogen-bond acceptors (Lipinski definition) is 5. The molecule has 2 aromatic heterocycles. The van der Waals surface area contributed by atoms with Crippen LogP contribution in [0.2, 0.25) is 0 Å². The van der Waals surface area contributed by atoms with Crippen molar-refractivity contribution >= 4 is 34.2 Å². The number of hydrogen-bond donors (Lipinski definition) is 2. The molecule has 0 bridgehead atoms. The molecule has 0 aliphatic carbocycles. The molecular formula is C8H8N2OS2. The van der Waals surface area contributed by atoms with Crippen LogP contribution < -0.4 is 0 Å². The van der Waals surface area contributed by atoms with E-state index in [2.05, 4.69) is 22.6 Å². The number of aromatic hydroxyl groups is 1. The van der Waals surface area contributed by atoms with Crippen molar-refractivity contribution in [3.63, 3.8) is 0 Å². The van der Waals surface area contributed by atoms with Crippen molar-refractivity contribution in [3.8, 4) is 5.88 Å². The maximum absolute atomic E-state index is 9.55. The third kappa shape index (κ3) is 1.28. The summed E-state index contributed by atoms with van der Waals surface area (Å²) >= 11 is 5.54. The molecule has 2 aromatic rings. The molecule has 0 saturated heterocycles. The summed E-state index contributed by atoms with van der Waals surface area (Å²) in [5, 5.41) is 10.6. The predicted molar refractivity (Wildman–Crippen MR) is 55.8 cm³/mol. The lowest BCUT2D eigenvalue weighted by Gasteiger charge is -1.96. The minimum Gasteiger partial charge on any atom is -0.493 e. The maximum Gasteiger partial charge on any atom is 0.224 e. The van der Waals surface area contributed by atoms with E-state index >= 15 is 0 Å². The van der Waals surface area contributed by atoms with Gasteiger partial charge in [0, 0.05) is 4.88 Å². The zero-order valence-corrected chi connectivity index (χ0v) is 8.91. The van der Waals surface area contributed by atoms with Crippen molar-refractivity contribution in [3.05, 3.63) is 10.4 Å². The van der Waals surface area contributed by atoms with Gasteiger partial charge in [0.15, 0.2) is 5.16 Å². The molecule has 0 fully saturated rings. The van der Waals surface area contributed by atoms with Crippen LogP contribution in [0.25, 0.3) is 10.2 Å². The second-order valence-corrected chi connectivity index (χ2v) is 4.41. The van der Waals surface area contributed by atoms with Crippen LogP contribution in [-0.2, 0) is 0 Å². The average Bonchev–Trinajstić information content (AvgIpc) is 2.27. The Kier molecular flexibility index (Phi) is 1.92. The third-order valence-electron chi connectivity index (χ3n) is 2.00. The molecule has 1 N–H and O–H groups in total. The summed E-state index contributed by atoms with van der Waals surface area (Å²) in [6, 6.07) is 0. The fraction of sp³-hybridized carbons (Fsp3) is 0.250. The minimum absolute atomic E-state index is 0.0249. The molecule has 3 nitrogen and oxygen atoms in total. The van der Waals surface area contributed by atoms with Gasteiger partial charge in [0.25, 0.3) is 0 Å². The SMILES string of the molecule is Cc1sc2nc(S)nc(O)c2c1C. The Hall–Kier alpha value is -0.810. The second-order valence-electron chi connectivity index (χ2n) is 2.81. The Morgan fingerprint density at radius 1 is 1.31 bits per heavy atom. The molecule has 2 heterocycles. The van der Waals surface area contributed by atoms with Crippen molar-refractivity contribution < 1.29 is 5.11 Å². The molecule has 68 valence electrons. The van der Waals surface area contributed by atoms with Gasteiger partial charge in [-0.05, 0) is 19.4 Å². The summed E-state index contributed by atoms with van der Waals surface area (Å²) in [6.45, 7) is 3.95. The summed E-state index contributed by atoms with van der Waals surface area (Å²) in [5.41, 5.74) is 1.05. The third-order valence-corrected chi connectivity index (χ3v) is 3.30.